The molecule has 1 aromatic carbocycles. The quantitative estimate of drug-likeness (QED) is 0.779. The van der Waals surface area contributed by atoms with Gasteiger partial charge in [0.1, 0.15) is 5.82 Å². The summed E-state index contributed by atoms with van der Waals surface area (Å²) in [6.45, 7) is 2.03. The number of nitrogens with one attached hydrogen (secondary N) is 2. The van der Waals surface area contributed by atoms with Crippen LogP contribution in [0.5, 0.6) is 0 Å². The number of anilines is 1. The molecule has 1 amide bonds. The third kappa shape index (κ3) is 2.40. The molecule has 2 aromatic heterocycles. The molecule has 6 nitrogen and oxygen atoms in total. The van der Waals surface area contributed by atoms with Crippen molar-refractivity contribution in [2.24, 2.45) is 0 Å². The number of benzene rings is 1. The lowest BCUT2D eigenvalue weighted by molar-refractivity contribution is 0.101. The van der Waals surface area contributed by atoms with E-state index in [1.54, 1.807) is 0 Å². The number of hydrogen-bond donors (Lipinski definition) is 2. The molecule has 2 heterocycles. The second-order valence-electron chi connectivity index (χ2n) is 5.26. The highest BCUT2D eigenvalue weighted by Crippen LogP contribution is 2.37. The molecule has 2 N–H and O–H groups in total. The fourth-order valence-electron chi connectivity index (χ4n) is 2.15. The number of thiazole rings is 1. The number of aryl methyl sites for hydroxylation is 1. The van der Waals surface area contributed by atoms with Crippen molar-refractivity contribution in [1.82, 2.24) is 20.2 Å². The highest BCUT2D eigenvalue weighted by atomic mass is 32.1. The molecule has 3 aromatic rings. The molecule has 0 radical (unpaired) electrons. The molecule has 1 aliphatic rings. The van der Waals surface area contributed by atoms with Crippen molar-refractivity contribution in [3.63, 3.8) is 0 Å². The van der Waals surface area contributed by atoms with Crippen LogP contribution in [0, 0.1) is 6.92 Å². The van der Waals surface area contributed by atoms with Crippen LogP contribution in [0.4, 0.5) is 5.13 Å². The van der Waals surface area contributed by atoms with Crippen LogP contribution >= 0.6 is 11.3 Å². The first-order valence-corrected chi connectivity index (χ1v) is 7.61. The molecule has 1 aliphatic carbocycles. The largest absolute Gasteiger partial charge is 0.297 e. The van der Waals surface area contributed by atoms with Gasteiger partial charge in [-0.1, -0.05) is 17.4 Å². The van der Waals surface area contributed by atoms with Crippen molar-refractivity contribution < 1.29 is 4.79 Å². The van der Waals surface area contributed by atoms with E-state index in [2.05, 4.69) is 31.5 Å². The first-order valence-electron chi connectivity index (χ1n) is 6.80. The lowest BCUT2D eigenvalue weighted by Gasteiger charge is -1.95. The number of carbonyl (C=O) groups is 1. The van der Waals surface area contributed by atoms with Crippen LogP contribution in [0.2, 0.25) is 0 Å². The Labute approximate surface area is 124 Å². The average molecular weight is 299 g/mol. The Morgan fingerprint density at radius 1 is 1.38 bits per heavy atom. The van der Waals surface area contributed by atoms with Crippen molar-refractivity contribution in [2.75, 3.05) is 5.32 Å². The molecule has 21 heavy (non-hydrogen) atoms. The van der Waals surface area contributed by atoms with E-state index in [0.717, 1.165) is 28.9 Å². The molecule has 0 aliphatic heterocycles. The van der Waals surface area contributed by atoms with Gasteiger partial charge in [-0.15, -0.1) is 5.10 Å². The van der Waals surface area contributed by atoms with Crippen LogP contribution in [0.15, 0.2) is 18.2 Å². The van der Waals surface area contributed by atoms with Gasteiger partial charge < -0.3 is 0 Å². The van der Waals surface area contributed by atoms with Crippen LogP contribution in [0.1, 0.15) is 40.8 Å². The smallest absolute Gasteiger partial charge is 0.295 e. The third-order valence-corrected chi connectivity index (χ3v) is 4.37. The molecule has 1 fully saturated rings. The van der Waals surface area contributed by atoms with E-state index in [9.17, 15) is 4.79 Å². The molecular formula is C14H13N5OS. The van der Waals surface area contributed by atoms with Crippen molar-refractivity contribution in [3.8, 4) is 0 Å². The van der Waals surface area contributed by atoms with E-state index in [1.165, 1.54) is 16.9 Å². The summed E-state index contributed by atoms with van der Waals surface area (Å²) in [5.41, 5.74) is 2.06. The Bertz CT molecular complexity index is 833. The Hall–Kier alpha value is -2.28. The maximum Gasteiger partial charge on any atom is 0.297 e. The van der Waals surface area contributed by atoms with Gasteiger partial charge in [-0.3, -0.25) is 15.2 Å². The predicted molar refractivity (Wildman–Crippen MR) is 80.7 cm³/mol. The zero-order valence-corrected chi connectivity index (χ0v) is 12.2. The summed E-state index contributed by atoms with van der Waals surface area (Å²) in [5.74, 6) is 1.10. The normalized spacial score (nSPS) is 14.5. The van der Waals surface area contributed by atoms with Crippen molar-refractivity contribution in [2.45, 2.75) is 25.7 Å². The van der Waals surface area contributed by atoms with Gasteiger partial charge >= 0.3 is 0 Å². The molecule has 0 bridgehead atoms. The van der Waals surface area contributed by atoms with Gasteiger partial charge in [0.05, 0.1) is 10.2 Å². The number of amides is 1. The van der Waals surface area contributed by atoms with Gasteiger partial charge in [0.2, 0.25) is 5.82 Å². The summed E-state index contributed by atoms with van der Waals surface area (Å²) in [5, 5.41) is 10.1. The average Bonchev–Trinajstić information content (AvgIpc) is 3.05. The number of H-pyrrole nitrogens is 1. The second kappa shape index (κ2) is 4.63. The Morgan fingerprint density at radius 2 is 2.24 bits per heavy atom. The number of rotatable bonds is 3. The molecule has 0 atom stereocenters. The van der Waals surface area contributed by atoms with Crippen molar-refractivity contribution in [3.05, 3.63) is 35.4 Å². The van der Waals surface area contributed by atoms with E-state index in [-0.39, 0.29) is 11.7 Å². The standard InChI is InChI=1S/C14H13N5OS/c1-7-2-5-9-10(6-7)21-14(15-9)17-13(20)12-16-11(18-19-12)8-3-4-8/h2,5-6,8H,3-4H2,1H3,(H,15,17,20)(H,16,18,19). The van der Waals surface area contributed by atoms with Crippen molar-refractivity contribution in [1.29, 1.82) is 0 Å². The van der Waals surface area contributed by atoms with E-state index in [0.29, 0.717) is 11.0 Å². The minimum Gasteiger partial charge on any atom is -0.295 e. The van der Waals surface area contributed by atoms with Crippen LogP contribution in [-0.2, 0) is 0 Å². The summed E-state index contributed by atoms with van der Waals surface area (Å²) >= 11 is 1.45. The molecule has 1 saturated carbocycles. The van der Waals surface area contributed by atoms with E-state index < -0.39 is 0 Å². The Balaban J connectivity index is 1.56. The minimum atomic E-state index is -0.325. The second-order valence-corrected chi connectivity index (χ2v) is 6.29. The predicted octanol–water partition coefficient (Wildman–Crippen LogP) is 2.85. The number of fused-ring (bicyclic) bond motifs is 1. The third-order valence-electron chi connectivity index (χ3n) is 3.43. The Morgan fingerprint density at radius 3 is 3.05 bits per heavy atom. The first kappa shape index (κ1) is 12.5. The maximum atomic E-state index is 12.1. The van der Waals surface area contributed by atoms with Gasteiger partial charge in [-0.2, -0.15) is 0 Å². The molecule has 0 saturated heterocycles. The Kier molecular flexibility index (Phi) is 2.75. The highest BCUT2D eigenvalue weighted by molar-refractivity contribution is 7.22. The number of carbonyl (C=O) groups excluding carboxylic acids is 1. The van der Waals surface area contributed by atoms with Crippen LogP contribution in [0.3, 0.4) is 0 Å². The van der Waals surface area contributed by atoms with Gasteiger partial charge in [0.15, 0.2) is 5.13 Å². The summed E-state index contributed by atoms with van der Waals surface area (Å²) < 4.78 is 1.05. The van der Waals surface area contributed by atoms with Gasteiger partial charge in [-0.25, -0.2) is 9.97 Å². The fourth-order valence-corrected chi connectivity index (χ4v) is 3.11. The minimum absolute atomic E-state index is 0.173. The van der Waals surface area contributed by atoms with Crippen LogP contribution < -0.4 is 5.32 Å². The highest BCUT2D eigenvalue weighted by Gasteiger charge is 2.28. The number of nitrogens with zero attached hydrogens (tertiary/aromatic N) is 3. The van der Waals surface area contributed by atoms with Gasteiger partial charge in [-0.05, 0) is 37.5 Å². The van der Waals surface area contributed by atoms with Crippen LogP contribution in [-0.4, -0.2) is 26.1 Å². The molecule has 0 unspecified atom stereocenters. The number of aromatic amines is 1. The molecule has 4 rings (SSSR count). The van der Waals surface area contributed by atoms with Crippen LogP contribution in [0.25, 0.3) is 10.2 Å². The molecular weight excluding hydrogens is 286 g/mol. The monoisotopic (exact) mass is 299 g/mol. The number of aromatic nitrogens is 4. The fraction of sp³-hybridized carbons (Fsp3) is 0.286. The zero-order valence-electron chi connectivity index (χ0n) is 11.4. The topological polar surface area (TPSA) is 83.6 Å². The molecule has 106 valence electrons. The number of hydrogen-bond acceptors (Lipinski definition) is 5. The summed E-state index contributed by atoms with van der Waals surface area (Å²) in [7, 11) is 0. The van der Waals surface area contributed by atoms with Crippen molar-refractivity contribution >= 4 is 32.6 Å². The summed E-state index contributed by atoms with van der Waals surface area (Å²) in [4.78, 5) is 20.8. The van der Waals surface area contributed by atoms with Gasteiger partial charge in [0, 0.05) is 5.92 Å². The lowest BCUT2D eigenvalue weighted by Crippen LogP contribution is -2.13. The SMILES string of the molecule is Cc1ccc2nc(NC(=O)c3n[nH]c(C4CC4)n3)sc2c1. The summed E-state index contributed by atoms with van der Waals surface area (Å²) in [6.07, 6.45) is 2.24. The lowest BCUT2D eigenvalue weighted by atomic mass is 10.2. The summed E-state index contributed by atoms with van der Waals surface area (Å²) in [6, 6.07) is 6.01. The van der Waals surface area contributed by atoms with E-state index >= 15 is 0 Å². The van der Waals surface area contributed by atoms with Gasteiger partial charge in [0.25, 0.3) is 5.91 Å². The first-order chi connectivity index (χ1) is 10.2. The maximum absolute atomic E-state index is 12.1. The molecule has 7 heteroatoms. The van der Waals surface area contributed by atoms with E-state index in [1.807, 2.05) is 19.1 Å². The van der Waals surface area contributed by atoms with E-state index in [4.69, 9.17) is 0 Å². The molecule has 0 spiro atoms. The zero-order chi connectivity index (χ0) is 14.4.